The average Bonchev–Trinajstić information content (AvgIpc) is 2.74. The van der Waals surface area contributed by atoms with Crippen molar-refractivity contribution in [3.8, 4) is 5.75 Å². The molecular formula is C23H26FNO4. The number of aryl methyl sites for hydroxylation is 1. The molecule has 0 aliphatic carbocycles. The highest BCUT2D eigenvalue weighted by molar-refractivity contribution is 5.78. The highest BCUT2D eigenvalue weighted by Crippen LogP contribution is 2.36. The van der Waals surface area contributed by atoms with E-state index in [4.69, 9.17) is 4.74 Å². The number of nitrogens with zero attached hydrogens (tertiary/aromatic N) is 1. The Morgan fingerprint density at radius 3 is 2.17 bits per heavy atom. The second-order valence-corrected chi connectivity index (χ2v) is 7.62. The molecule has 5 nitrogen and oxygen atoms in total. The van der Waals surface area contributed by atoms with Crippen LogP contribution in [0.25, 0.3) is 0 Å². The second-order valence-electron chi connectivity index (χ2n) is 7.62. The van der Waals surface area contributed by atoms with Crippen LogP contribution in [0.2, 0.25) is 0 Å². The van der Waals surface area contributed by atoms with Crippen molar-refractivity contribution in [3.05, 3.63) is 65.5 Å². The van der Waals surface area contributed by atoms with Gasteiger partial charge in [-0.05, 0) is 61.1 Å². The molecule has 2 aromatic carbocycles. The molecule has 1 N–H and O–H groups in total. The number of carboxylic acid groups (broad SMARTS) is 1. The lowest BCUT2D eigenvalue weighted by Crippen LogP contribution is -2.47. The van der Waals surface area contributed by atoms with E-state index in [1.807, 2.05) is 24.3 Å². The van der Waals surface area contributed by atoms with Crippen LogP contribution < -0.4 is 4.74 Å². The number of carbonyl (C=O) groups excluding carboxylic acids is 1. The minimum atomic E-state index is -0.859. The van der Waals surface area contributed by atoms with Gasteiger partial charge in [-0.1, -0.05) is 24.3 Å². The van der Waals surface area contributed by atoms with Gasteiger partial charge in [0.1, 0.15) is 11.6 Å². The van der Waals surface area contributed by atoms with Crippen molar-refractivity contribution >= 4 is 11.9 Å². The van der Waals surface area contributed by atoms with Crippen molar-refractivity contribution in [2.45, 2.75) is 32.1 Å². The third kappa shape index (κ3) is 5.13. The second kappa shape index (κ2) is 9.07. The number of likely N-dealkylation sites (tertiary alicyclic amines) is 1. The number of carboxylic acids is 1. The fraction of sp³-hybridized carbons (Fsp3) is 0.391. The van der Waals surface area contributed by atoms with E-state index in [0.717, 1.165) is 16.9 Å². The maximum Gasteiger partial charge on any atom is 0.310 e. The molecule has 3 rings (SSSR count). The van der Waals surface area contributed by atoms with Crippen molar-refractivity contribution in [1.29, 1.82) is 0 Å². The van der Waals surface area contributed by atoms with Crippen LogP contribution in [0.4, 0.5) is 4.39 Å². The van der Waals surface area contributed by atoms with Crippen LogP contribution in [0.1, 0.15) is 30.4 Å². The lowest BCUT2D eigenvalue weighted by atomic mass is 9.73. The largest absolute Gasteiger partial charge is 0.497 e. The Bertz CT molecular complexity index is 840. The molecule has 1 aliphatic rings. The molecule has 0 bridgehead atoms. The Morgan fingerprint density at radius 2 is 1.62 bits per heavy atom. The SMILES string of the molecule is COc1ccc(CC2(C(=O)O)CCN(C(=O)CCc3ccc(F)cc3)CC2)cc1. The van der Waals surface area contributed by atoms with Crippen LogP contribution in [-0.2, 0) is 22.4 Å². The average molecular weight is 399 g/mol. The molecule has 0 unspecified atom stereocenters. The smallest absolute Gasteiger partial charge is 0.310 e. The van der Waals surface area contributed by atoms with E-state index in [1.54, 1.807) is 24.1 Å². The summed E-state index contributed by atoms with van der Waals surface area (Å²) in [6.45, 7) is 0.870. The fourth-order valence-corrected chi connectivity index (χ4v) is 3.84. The van der Waals surface area contributed by atoms with E-state index in [2.05, 4.69) is 0 Å². The topological polar surface area (TPSA) is 66.8 Å². The molecule has 1 fully saturated rings. The zero-order valence-corrected chi connectivity index (χ0v) is 16.6. The minimum absolute atomic E-state index is 0.0118. The molecule has 154 valence electrons. The van der Waals surface area contributed by atoms with Crippen LogP contribution in [0.15, 0.2) is 48.5 Å². The van der Waals surface area contributed by atoms with E-state index in [9.17, 15) is 19.1 Å². The number of carbonyl (C=O) groups is 2. The molecule has 1 saturated heterocycles. The number of ether oxygens (including phenoxy) is 1. The summed E-state index contributed by atoms with van der Waals surface area (Å²) in [7, 11) is 1.59. The highest BCUT2D eigenvalue weighted by atomic mass is 19.1. The van der Waals surface area contributed by atoms with Gasteiger partial charge in [-0.3, -0.25) is 9.59 Å². The standard InChI is InChI=1S/C23H26FNO4/c1-29-20-9-4-18(5-10-20)16-23(22(27)28)12-14-25(15-13-23)21(26)11-6-17-2-7-19(24)8-3-17/h2-5,7-10H,6,11-16H2,1H3,(H,27,28). The highest BCUT2D eigenvalue weighted by Gasteiger charge is 2.42. The van der Waals surface area contributed by atoms with Gasteiger partial charge in [0, 0.05) is 19.5 Å². The van der Waals surface area contributed by atoms with Crippen LogP contribution in [-0.4, -0.2) is 42.1 Å². The molecule has 1 heterocycles. The van der Waals surface area contributed by atoms with Crippen LogP contribution in [0, 0.1) is 11.2 Å². The van der Waals surface area contributed by atoms with Gasteiger partial charge in [0.05, 0.1) is 12.5 Å². The number of benzene rings is 2. The van der Waals surface area contributed by atoms with Gasteiger partial charge < -0.3 is 14.7 Å². The van der Waals surface area contributed by atoms with Crippen molar-refractivity contribution in [1.82, 2.24) is 4.90 Å². The third-order valence-electron chi connectivity index (χ3n) is 5.77. The van der Waals surface area contributed by atoms with E-state index in [1.165, 1.54) is 12.1 Å². The van der Waals surface area contributed by atoms with Crippen molar-refractivity contribution in [3.63, 3.8) is 0 Å². The summed E-state index contributed by atoms with van der Waals surface area (Å²) in [5, 5.41) is 9.89. The first-order chi connectivity index (χ1) is 13.9. The lowest BCUT2D eigenvalue weighted by Gasteiger charge is -2.39. The van der Waals surface area contributed by atoms with Crippen molar-refractivity contribution < 1.29 is 23.8 Å². The molecule has 0 atom stereocenters. The first kappa shape index (κ1) is 20.8. The number of piperidine rings is 1. The van der Waals surface area contributed by atoms with Gasteiger partial charge in [-0.2, -0.15) is 0 Å². The normalized spacial score (nSPS) is 15.7. The summed E-state index contributed by atoms with van der Waals surface area (Å²) in [6, 6.07) is 13.6. The molecule has 1 aliphatic heterocycles. The Balaban J connectivity index is 1.57. The summed E-state index contributed by atoms with van der Waals surface area (Å²) in [5.74, 6) is -0.359. The molecule has 1 amide bonds. The van der Waals surface area contributed by atoms with E-state index in [-0.39, 0.29) is 11.7 Å². The molecule has 6 heteroatoms. The van der Waals surface area contributed by atoms with Gasteiger partial charge in [0.2, 0.25) is 5.91 Å². The van der Waals surface area contributed by atoms with E-state index < -0.39 is 11.4 Å². The summed E-state index contributed by atoms with van der Waals surface area (Å²) in [4.78, 5) is 26.3. The number of hydrogen-bond donors (Lipinski definition) is 1. The molecule has 2 aromatic rings. The maximum atomic E-state index is 13.0. The summed E-state index contributed by atoms with van der Waals surface area (Å²) < 4.78 is 18.1. The van der Waals surface area contributed by atoms with Gasteiger partial charge in [-0.15, -0.1) is 0 Å². The number of halogens is 1. The fourth-order valence-electron chi connectivity index (χ4n) is 3.84. The Morgan fingerprint density at radius 1 is 1.03 bits per heavy atom. The summed E-state index contributed by atoms with van der Waals surface area (Å²) in [5.41, 5.74) is 1.00. The molecular weight excluding hydrogens is 373 g/mol. The number of methoxy groups -OCH3 is 1. The molecule has 0 aromatic heterocycles. The van der Waals surface area contributed by atoms with Gasteiger partial charge in [0.15, 0.2) is 0 Å². The molecule has 0 saturated carbocycles. The predicted molar refractivity (Wildman–Crippen MR) is 107 cm³/mol. The number of rotatable bonds is 7. The van der Waals surface area contributed by atoms with Crippen LogP contribution in [0.3, 0.4) is 0 Å². The van der Waals surface area contributed by atoms with Gasteiger partial charge >= 0.3 is 5.97 Å². The Labute approximate surface area is 170 Å². The van der Waals surface area contributed by atoms with Crippen LogP contribution >= 0.6 is 0 Å². The minimum Gasteiger partial charge on any atom is -0.497 e. The zero-order valence-electron chi connectivity index (χ0n) is 16.6. The Kier molecular flexibility index (Phi) is 6.52. The van der Waals surface area contributed by atoms with Crippen molar-refractivity contribution in [2.75, 3.05) is 20.2 Å². The van der Waals surface area contributed by atoms with E-state index >= 15 is 0 Å². The van der Waals surface area contributed by atoms with Crippen LogP contribution in [0.5, 0.6) is 5.75 Å². The maximum absolute atomic E-state index is 13.0. The predicted octanol–water partition coefficient (Wildman–Crippen LogP) is 3.70. The van der Waals surface area contributed by atoms with Crippen molar-refractivity contribution in [2.24, 2.45) is 5.41 Å². The summed E-state index contributed by atoms with van der Waals surface area (Å²) in [6.07, 6.45) is 2.17. The third-order valence-corrected chi connectivity index (χ3v) is 5.77. The molecule has 0 radical (unpaired) electrons. The monoisotopic (exact) mass is 399 g/mol. The van der Waals surface area contributed by atoms with Gasteiger partial charge in [0.25, 0.3) is 0 Å². The number of amides is 1. The summed E-state index contributed by atoms with van der Waals surface area (Å²) >= 11 is 0. The number of aliphatic carboxylic acids is 1. The van der Waals surface area contributed by atoms with E-state index in [0.29, 0.717) is 45.2 Å². The number of hydrogen-bond acceptors (Lipinski definition) is 3. The quantitative estimate of drug-likeness (QED) is 0.771. The zero-order chi connectivity index (χ0) is 20.9. The Hall–Kier alpha value is -2.89. The van der Waals surface area contributed by atoms with Gasteiger partial charge in [-0.25, -0.2) is 4.39 Å². The first-order valence-corrected chi connectivity index (χ1v) is 9.80. The first-order valence-electron chi connectivity index (χ1n) is 9.80. The molecule has 29 heavy (non-hydrogen) atoms. The lowest BCUT2D eigenvalue weighted by molar-refractivity contribution is -0.154. The molecule has 0 spiro atoms.